The Hall–Kier alpha value is -1.16. The third kappa shape index (κ3) is 2.51. The molecule has 60 valence electrons. The standard InChI is InChI=1S/C7H11N3O/c1-2-11-4-6-3-7(8)10-5-9-6/h3,5H,2,4H2,1H3,(H2,8,9,10). The van der Waals surface area contributed by atoms with Crippen LogP contribution in [0, 0.1) is 0 Å². The summed E-state index contributed by atoms with van der Waals surface area (Å²) >= 11 is 0. The number of nitrogens with two attached hydrogens (primary N) is 1. The SMILES string of the molecule is CCOCc1cc(N)ncn1. The Bertz CT molecular complexity index is 227. The molecule has 4 heteroatoms. The van der Waals surface area contributed by atoms with Gasteiger partial charge in [0.25, 0.3) is 0 Å². The molecule has 1 aromatic rings. The molecule has 0 saturated heterocycles. The molecule has 0 aliphatic heterocycles. The molecule has 1 aromatic heterocycles. The number of aromatic nitrogens is 2. The maximum atomic E-state index is 5.42. The summed E-state index contributed by atoms with van der Waals surface area (Å²) in [5.74, 6) is 0.481. The first-order chi connectivity index (χ1) is 5.33. The molecular formula is C7H11N3O. The third-order valence-electron chi connectivity index (χ3n) is 1.20. The molecule has 11 heavy (non-hydrogen) atoms. The van der Waals surface area contributed by atoms with Gasteiger partial charge in [-0.3, -0.25) is 0 Å². The van der Waals surface area contributed by atoms with Crippen LogP contribution in [0.1, 0.15) is 12.6 Å². The molecule has 0 atom stereocenters. The Morgan fingerprint density at radius 1 is 1.55 bits per heavy atom. The van der Waals surface area contributed by atoms with Gasteiger partial charge in [-0.15, -0.1) is 0 Å². The molecule has 0 unspecified atom stereocenters. The zero-order valence-electron chi connectivity index (χ0n) is 6.45. The smallest absolute Gasteiger partial charge is 0.127 e. The van der Waals surface area contributed by atoms with Crippen molar-refractivity contribution >= 4 is 5.82 Å². The van der Waals surface area contributed by atoms with Crippen molar-refractivity contribution in [2.45, 2.75) is 13.5 Å². The van der Waals surface area contributed by atoms with E-state index in [1.165, 1.54) is 6.33 Å². The summed E-state index contributed by atoms with van der Waals surface area (Å²) < 4.78 is 5.13. The van der Waals surface area contributed by atoms with Crippen molar-refractivity contribution in [2.75, 3.05) is 12.3 Å². The van der Waals surface area contributed by atoms with E-state index in [1.807, 2.05) is 6.92 Å². The predicted molar refractivity (Wildman–Crippen MR) is 41.8 cm³/mol. The minimum absolute atomic E-state index is 0.481. The molecule has 0 fully saturated rings. The molecule has 0 amide bonds. The number of ether oxygens (including phenoxy) is 1. The van der Waals surface area contributed by atoms with Gasteiger partial charge >= 0.3 is 0 Å². The highest BCUT2D eigenvalue weighted by molar-refractivity contribution is 5.27. The lowest BCUT2D eigenvalue weighted by Gasteiger charge is -1.99. The van der Waals surface area contributed by atoms with Gasteiger partial charge in [0.1, 0.15) is 12.1 Å². The van der Waals surface area contributed by atoms with E-state index in [-0.39, 0.29) is 0 Å². The second-order valence-corrected chi connectivity index (χ2v) is 2.07. The van der Waals surface area contributed by atoms with Gasteiger partial charge in [-0.25, -0.2) is 9.97 Å². The highest BCUT2D eigenvalue weighted by Crippen LogP contribution is 1.99. The van der Waals surface area contributed by atoms with Crippen LogP contribution in [0.2, 0.25) is 0 Å². The van der Waals surface area contributed by atoms with Crippen LogP contribution >= 0.6 is 0 Å². The summed E-state index contributed by atoms with van der Waals surface area (Å²) in [6.07, 6.45) is 1.43. The molecule has 0 spiro atoms. The second kappa shape index (κ2) is 3.88. The van der Waals surface area contributed by atoms with Gasteiger partial charge < -0.3 is 10.5 Å². The van der Waals surface area contributed by atoms with Gasteiger partial charge in [-0.05, 0) is 6.92 Å². The molecular weight excluding hydrogens is 142 g/mol. The largest absolute Gasteiger partial charge is 0.384 e. The van der Waals surface area contributed by atoms with Crippen molar-refractivity contribution in [3.05, 3.63) is 18.1 Å². The van der Waals surface area contributed by atoms with Crippen molar-refractivity contribution in [3.63, 3.8) is 0 Å². The van der Waals surface area contributed by atoms with E-state index in [4.69, 9.17) is 10.5 Å². The van der Waals surface area contributed by atoms with Crippen LogP contribution in [0.5, 0.6) is 0 Å². The van der Waals surface area contributed by atoms with Crippen LogP contribution in [0.15, 0.2) is 12.4 Å². The number of hydrogen-bond acceptors (Lipinski definition) is 4. The van der Waals surface area contributed by atoms with E-state index in [9.17, 15) is 0 Å². The lowest BCUT2D eigenvalue weighted by molar-refractivity contribution is 0.131. The molecule has 1 heterocycles. The summed E-state index contributed by atoms with van der Waals surface area (Å²) in [7, 11) is 0. The minimum Gasteiger partial charge on any atom is -0.384 e. The van der Waals surface area contributed by atoms with Crippen molar-refractivity contribution in [1.29, 1.82) is 0 Å². The summed E-state index contributed by atoms with van der Waals surface area (Å²) in [6, 6.07) is 1.70. The normalized spacial score (nSPS) is 9.91. The lowest BCUT2D eigenvalue weighted by Crippen LogP contribution is -1.98. The summed E-state index contributed by atoms with van der Waals surface area (Å²) in [6.45, 7) is 3.12. The molecule has 4 nitrogen and oxygen atoms in total. The first kappa shape index (κ1) is 7.94. The summed E-state index contributed by atoms with van der Waals surface area (Å²) in [5.41, 5.74) is 6.24. The van der Waals surface area contributed by atoms with Crippen LogP contribution in [0.3, 0.4) is 0 Å². The van der Waals surface area contributed by atoms with Crippen LogP contribution in [-0.4, -0.2) is 16.6 Å². The van der Waals surface area contributed by atoms with E-state index in [2.05, 4.69) is 9.97 Å². The molecule has 1 rings (SSSR count). The molecule has 0 radical (unpaired) electrons. The van der Waals surface area contributed by atoms with Crippen molar-refractivity contribution in [1.82, 2.24) is 9.97 Å². The predicted octanol–water partition coefficient (Wildman–Crippen LogP) is 0.595. The highest BCUT2D eigenvalue weighted by atomic mass is 16.5. The molecule has 0 aromatic carbocycles. The van der Waals surface area contributed by atoms with E-state index in [0.29, 0.717) is 19.0 Å². The van der Waals surface area contributed by atoms with Crippen LogP contribution < -0.4 is 5.73 Å². The van der Waals surface area contributed by atoms with E-state index >= 15 is 0 Å². The van der Waals surface area contributed by atoms with Gasteiger partial charge in [0.05, 0.1) is 12.3 Å². The summed E-state index contributed by atoms with van der Waals surface area (Å²) in [4.78, 5) is 7.72. The molecule has 2 N–H and O–H groups in total. The maximum Gasteiger partial charge on any atom is 0.127 e. The topological polar surface area (TPSA) is 61.0 Å². The Kier molecular flexibility index (Phi) is 2.80. The fourth-order valence-corrected chi connectivity index (χ4v) is 0.700. The number of nitrogens with zero attached hydrogens (tertiary/aromatic N) is 2. The minimum atomic E-state index is 0.481. The molecule has 0 aliphatic rings. The number of nitrogen functional groups attached to an aromatic ring is 1. The zero-order chi connectivity index (χ0) is 8.10. The van der Waals surface area contributed by atoms with Gasteiger partial charge in [-0.2, -0.15) is 0 Å². The first-order valence-corrected chi connectivity index (χ1v) is 3.47. The van der Waals surface area contributed by atoms with E-state index < -0.39 is 0 Å². The maximum absolute atomic E-state index is 5.42. The average molecular weight is 153 g/mol. The molecule has 0 saturated carbocycles. The Balaban J connectivity index is 2.56. The fraction of sp³-hybridized carbons (Fsp3) is 0.429. The number of anilines is 1. The lowest BCUT2D eigenvalue weighted by atomic mass is 10.4. The van der Waals surface area contributed by atoms with Crippen LogP contribution in [-0.2, 0) is 11.3 Å². The second-order valence-electron chi connectivity index (χ2n) is 2.07. The van der Waals surface area contributed by atoms with Gasteiger partial charge in [-0.1, -0.05) is 0 Å². The van der Waals surface area contributed by atoms with E-state index in [1.54, 1.807) is 6.07 Å². The Labute approximate surface area is 65.4 Å². The zero-order valence-corrected chi connectivity index (χ0v) is 6.45. The van der Waals surface area contributed by atoms with Crippen LogP contribution in [0.25, 0.3) is 0 Å². The van der Waals surface area contributed by atoms with Crippen molar-refractivity contribution in [3.8, 4) is 0 Å². The Morgan fingerprint density at radius 3 is 3.00 bits per heavy atom. The fourth-order valence-electron chi connectivity index (χ4n) is 0.700. The third-order valence-corrected chi connectivity index (χ3v) is 1.20. The monoisotopic (exact) mass is 153 g/mol. The van der Waals surface area contributed by atoms with Gasteiger partial charge in [0.15, 0.2) is 0 Å². The van der Waals surface area contributed by atoms with Crippen molar-refractivity contribution < 1.29 is 4.74 Å². The van der Waals surface area contributed by atoms with Crippen molar-refractivity contribution in [2.24, 2.45) is 0 Å². The number of rotatable bonds is 3. The molecule has 0 aliphatic carbocycles. The molecule has 0 bridgehead atoms. The van der Waals surface area contributed by atoms with Gasteiger partial charge in [0.2, 0.25) is 0 Å². The van der Waals surface area contributed by atoms with Crippen LogP contribution in [0.4, 0.5) is 5.82 Å². The quantitative estimate of drug-likeness (QED) is 0.690. The number of hydrogen-bond donors (Lipinski definition) is 1. The highest BCUT2D eigenvalue weighted by Gasteiger charge is 1.93. The average Bonchev–Trinajstić information content (AvgIpc) is 2.01. The van der Waals surface area contributed by atoms with E-state index in [0.717, 1.165) is 5.69 Å². The Morgan fingerprint density at radius 2 is 2.36 bits per heavy atom. The summed E-state index contributed by atoms with van der Waals surface area (Å²) in [5, 5.41) is 0. The first-order valence-electron chi connectivity index (χ1n) is 3.47. The van der Waals surface area contributed by atoms with Gasteiger partial charge in [0, 0.05) is 12.7 Å².